The molecule has 1 atom stereocenters. The number of aliphatic hydroxyl groups is 2. The molecule has 0 spiro atoms. The molecular formula is C9H19NO3. The van der Waals surface area contributed by atoms with E-state index in [4.69, 9.17) is 10.2 Å². The Labute approximate surface area is 79.0 Å². The molecule has 0 fully saturated rings. The van der Waals surface area contributed by atoms with Crippen LogP contribution in [0.1, 0.15) is 32.6 Å². The van der Waals surface area contributed by atoms with Gasteiger partial charge in [0.25, 0.3) is 0 Å². The lowest BCUT2D eigenvalue weighted by Gasteiger charge is -2.08. The van der Waals surface area contributed by atoms with E-state index in [-0.39, 0.29) is 12.5 Å². The molecule has 0 saturated carbocycles. The molecule has 0 aliphatic heterocycles. The van der Waals surface area contributed by atoms with Gasteiger partial charge in [-0.15, -0.1) is 0 Å². The first-order valence-corrected chi connectivity index (χ1v) is 4.76. The van der Waals surface area contributed by atoms with Gasteiger partial charge in [0.15, 0.2) is 0 Å². The Morgan fingerprint density at radius 1 is 1.46 bits per heavy atom. The van der Waals surface area contributed by atoms with E-state index in [1.54, 1.807) is 0 Å². The van der Waals surface area contributed by atoms with Crippen molar-refractivity contribution >= 4 is 5.91 Å². The Morgan fingerprint density at radius 2 is 2.15 bits per heavy atom. The predicted molar refractivity (Wildman–Crippen MR) is 50.2 cm³/mol. The van der Waals surface area contributed by atoms with Crippen LogP contribution in [0.2, 0.25) is 0 Å². The van der Waals surface area contributed by atoms with Crippen molar-refractivity contribution in [3.05, 3.63) is 0 Å². The van der Waals surface area contributed by atoms with Gasteiger partial charge in [-0.1, -0.05) is 6.92 Å². The highest BCUT2D eigenvalue weighted by atomic mass is 16.3. The van der Waals surface area contributed by atoms with Crippen LogP contribution in [-0.4, -0.2) is 35.4 Å². The van der Waals surface area contributed by atoms with Gasteiger partial charge in [0.05, 0.1) is 6.10 Å². The SMILES string of the molecule is CCC(O)CNC(=O)CCCCO. The molecule has 4 nitrogen and oxygen atoms in total. The maximum Gasteiger partial charge on any atom is 0.220 e. The fourth-order valence-corrected chi connectivity index (χ4v) is 0.862. The van der Waals surface area contributed by atoms with E-state index >= 15 is 0 Å². The van der Waals surface area contributed by atoms with E-state index in [1.165, 1.54) is 0 Å². The number of carbonyl (C=O) groups is 1. The van der Waals surface area contributed by atoms with Crippen molar-refractivity contribution < 1.29 is 15.0 Å². The average Bonchev–Trinajstić information content (AvgIpc) is 2.14. The molecule has 1 amide bonds. The van der Waals surface area contributed by atoms with Crippen molar-refractivity contribution in [3.8, 4) is 0 Å². The van der Waals surface area contributed by atoms with Crippen LogP contribution in [0.15, 0.2) is 0 Å². The third-order valence-electron chi connectivity index (χ3n) is 1.82. The molecule has 0 aromatic heterocycles. The summed E-state index contributed by atoms with van der Waals surface area (Å²) in [6.45, 7) is 2.32. The minimum Gasteiger partial charge on any atom is -0.396 e. The molecule has 13 heavy (non-hydrogen) atoms. The quantitative estimate of drug-likeness (QED) is 0.495. The lowest BCUT2D eigenvalue weighted by atomic mass is 10.2. The minimum atomic E-state index is -0.443. The maximum absolute atomic E-state index is 11.0. The molecule has 78 valence electrons. The van der Waals surface area contributed by atoms with Gasteiger partial charge < -0.3 is 15.5 Å². The number of nitrogens with one attached hydrogen (secondary N) is 1. The maximum atomic E-state index is 11.0. The highest BCUT2D eigenvalue weighted by Gasteiger charge is 2.03. The summed E-state index contributed by atoms with van der Waals surface area (Å²) in [6, 6.07) is 0. The summed E-state index contributed by atoms with van der Waals surface area (Å²) in [5.41, 5.74) is 0. The van der Waals surface area contributed by atoms with Crippen LogP contribution in [-0.2, 0) is 4.79 Å². The van der Waals surface area contributed by atoms with Gasteiger partial charge in [0.2, 0.25) is 5.91 Å². The zero-order valence-electron chi connectivity index (χ0n) is 8.12. The van der Waals surface area contributed by atoms with Crippen molar-refractivity contribution in [2.75, 3.05) is 13.2 Å². The van der Waals surface area contributed by atoms with E-state index in [1.807, 2.05) is 6.92 Å². The van der Waals surface area contributed by atoms with Gasteiger partial charge in [0.1, 0.15) is 0 Å². The Morgan fingerprint density at radius 3 is 2.69 bits per heavy atom. The predicted octanol–water partition coefficient (Wildman–Crippen LogP) is 0.0361. The fraction of sp³-hybridized carbons (Fsp3) is 0.889. The summed E-state index contributed by atoms with van der Waals surface area (Å²) in [5.74, 6) is -0.0547. The fourth-order valence-electron chi connectivity index (χ4n) is 0.862. The molecule has 0 heterocycles. The van der Waals surface area contributed by atoms with E-state index in [9.17, 15) is 4.79 Å². The van der Waals surface area contributed by atoms with E-state index < -0.39 is 6.10 Å². The Hall–Kier alpha value is -0.610. The Kier molecular flexibility index (Phi) is 7.63. The summed E-state index contributed by atoms with van der Waals surface area (Å²) < 4.78 is 0. The van der Waals surface area contributed by atoms with Crippen LogP contribution in [0.3, 0.4) is 0 Å². The summed E-state index contributed by atoms with van der Waals surface area (Å²) in [7, 11) is 0. The van der Waals surface area contributed by atoms with Crippen molar-refractivity contribution in [2.24, 2.45) is 0 Å². The normalized spacial score (nSPS) is 12.5. The number of amides is 1. The second kappa shape index (κ2) is 8.01. The molecule has 3 N–H and O–H groups in total. The third-order valence-corrected chi connectivity index (χ3v) is 1.82. The standard InChI is InChI=1S/C9H19NO3/c1-2-8(12)7-10-9(13)5-3-4-6-11/h8,11-12H,2-7H2,1H3,(H,10,13). The Balaban J connectivity index is 3.30. The molecule has 0 saturated heterocycles. The van der Waals surface area contributed by atoms with Gasteiger partial charge in [0, 0.05) is 19.6 Å². The molecule has 0 aromatic carbocycles. The molecule has 0 aromatic rings. The van der Waals surface area contributed by atoms with Gasteiger partial charge in [-0.2, -0.15) is 0 Å². The van der Waals surface area contributed by atoms with Crippen molar-refractivity contribution in [1.29, 1.82) is 0 Å². The average molecular weight is 189 g/mol. The van der Waals surface area contributed by atoms with Gasteiger partial charge in [-0.3, -0.25) is 4.79 Å². The van der Waals surface area contributed by atoms with Gasteiger partial charge in [-0.05, 0) is 19.3 Å². The second-order valence-electron chi connectivity index (χ2n) is 3.05. The molecular weight excluding hydrogens is 170 g/mol. The monoisotopic (exact) mass is 189 g/mol. The van der Waals surface area contributed by atoms with E-state index in [0.717, 1.165) is 0 Å². The molecule has 0 bridgehead atoms. The lowest BCUT2D eigenvalue weighted by molar-refractivity contribution is -0.121. The molecule has 1 unspecified atom stereocenters. The lowest BCUT2D eigenvalue weighted by Crippen LogP contribution is -2.31. The largest absolute Gasteiger partial charge is 0.396 e. The second-order valence-corrected chi connectivity index (χ2v) is 3.05. The minimum absolute atomic E-state index is 0.0547. The van der Waals surface area contributed by atoms with Crippen LogP contribution in [0.25, 0.3) is 0 Å². The zero-order valence-corrected chi connectivity index (χ0v) is 8.12. The molecule has 4 heteroatoms. The number of aliphatic hydroxyl groups excluding tert-OH is 2. The topological polar surface area (TPSA) is 69.6 Å². The smallest absolute Gasteiger partial charge is 0.220 e. The van der Waals surface area contributed by atoms with Crippen LogP contribution < -0.4 is 5.32 Å². The van der Waals surface area contributed by atoms with Crippen LogP contribution in [0.5, 0.6) is 0 Å². The van der Waals surface area contributed by atoms with Crippen LogP contribution in [0.4, 0.5) is 0 Å². The molecule has 0 rings (SSSR count). The first-order valence-electron chi connectivity index (χ1n) is 4.76. The van der Waals surface area contributed by atoms with Crippen LogP contribution in [0, 0.1) is 0 Å². The number of carbonyl (C=O) groups excluding carboxylic acids is 1. The number of hydrogen-bond acceptors (Lipinski definition) is 3. The first kappa shape index (κ1) is 12.4. The summed E-state index contributed by atoms with van der Waals surface area (Å²) >= 11 is 0. The highest BCUT2D eigenvalue weighted by Crippen LogP contribution is 1.94. The van der Waals surface area contributed by atoms with Crippen LogP contribution >= 0.6 is 0 Å². The number of unbranched alkanes of at least 4 members (excludes halogenated alkanes) is 1. The van der Waals surface area contributed by atoms with Gasteiger partial charge in [-0.25, -0.2) is 0 Å². The first-order chi connectivity index (χ1) is 6.20. The van der Waals surface area contributed by atoms with E-state index in [0.29, 0.717) is 32.2 Å². The number of rotatable bonds is 7. The number of hydrogen-bond donors (Lipinski definition) is 3. The summed E-state index contributed by atoms with van der Waals surface area (Å²) in [6.07, 6.45) is 1.99. The van der Waals surface area contributed by atoms with E-state index in [2.05, 4.69) is 5.32 Å². The summed E-state index contributed by atoms with van der Waals surface area (Å²) in [4.78, 5) is 11.0. The Bertz CT molecular complexity index is 139. The van der Waals surface area contributed by atoms with Gasteiger partial charge >= 0.3 is 0 Å². The molecule has 0 radical (unpaired) electrons. The molecule has 0 aliphatic rings. The zero-order chi connectivity index (χ0) is 10.1. The highest BCUT2D eigenvalue weighted by molar-refractivity contribution is 5.75. The van der Waals surface area contributed by atoms with Crippen molar-refractivity contribution in [3.63, 3.8) is 0 Å². The summed E-state index contributed by atoms with van der Waals surface area (Å²) in [5, 5.41) is 20.2. The van der Waals surface area contributed by atoms with Crippen molar-refractivity contribution in [1.82, 2.24) is 5.32 Å². The van der Waals surface area contributed by atoms with Crippen molar-refractivity contribution in [2.45, 2.75) is 38.7 Å². The molecule has 0 aliphatic carbocycles. The third kappa shape index (κ3) is 7.74.